The van der Waals surface area contributed by atoms with Gasteiger partial charge in [-0.05, 0) is 18.0 Å². The maximum absolute atomic E-state index is 10.9. The Bertz CT molecular complexity index is 500. The number of H-pyrrole nitrogens is 1. The second-order valence-electron chi connectivity index (χ2n) is 2.90. The quantitative estimate of drug-likeness (QED) is 0.256. The summed E-state index contributed by atoms with van der Waals surface area (Å²) in [6.07, 6.45) is 2.10. The molecule has 1 N–H and O–H groups in total. The van der Waals surface area contributed by atoms with Gasteiger partial charge in [-0.2, -0.15) is 0 Å². The van der Waals surface area contributed by atoms with Crippen molar-refractivity contribution >= 4 is 0 Å². The molecule has 0 unspecified atom stereocenters. The fourth-order valence-electron chi connectivity index (χ4n) is 1.02. The van der Waals surface area contributed by atoms with Crippen molar-refractivity contribution in [3.8, 4) is 11.8 Å². The molecule has 1 aromatic rings. The molecule has 1 heterocycles. The van der Waals surface area contributed by atoms with Gasteiger partial charge in [0.15, 0.2) is 0 Å². The molecule has 0 aromatic carbocycles. The zero-order valence-electron chi connectivity index (χ0n) is 8.32. The summed E-state index contributed by atoms with van der Waals surface area (Å²) in [7, 11) is 0. The van der Waals surface area contributed by atoms with E-state index in [0.29, 0.717) is 13.0 Å². The zero-order chi connectivity index (χ0) is 11.1. The number of hydrogen-bond donors (Lipinski definition) is 1. The molecule has 0 saturated heterocycles. The topological polar surface area (TPSA) is 81.6 Å². The molecule has 0 aliphatic carbocycles. The van der Waals surface area contributed by atoms with E-state index in [-0.39, 0.29) is 5.56 Å². The first-order valence-corrected chi connectivity index (χ1v) is 4.43. The molecule has 0 saturated carbocycles. The molecule has 0 aliphatic rings. The second-order valence-corrected chi connectivity index (χ2v) is 2.90. The third-order valence-corrected chi connectivity index (χ3v) is 1.75. The molecule has 0 radical (unpaired) electrons. The Morgan fingerprint density at radius 1 is 1.67 bits per heavy atom. The first-order valence-electron chi connectivity index (χ1n) is 4.43. The van der Waals surface area contributed by atoms with Crippen LogP contribution in [0.5, 0.6) is 0 Å². The van der Waals surface area contributed by atoms with Gasteiger partial charge < -0.3 is 4.98 Å². The number of azide groups is 1. The standard InChI is InChI=1S/C10H10N4O/c1-8-6-10(15)12-7-9(8)4-2-3-5-13-14-11/h6-7H,3,5H2,1H3,(H,12,15). The monoisotopic (exact) mass is 202 g/mol. The minimum Gasteiger partial charge on any atom is -0.328 e. The van der Waals surface area contributed by atoms with Crippen LogP contribution < -0.4 is 5.56 Å². The molecule has 0 atom stereocenters. The average Bonchev–Trinajstić information content (AvgIpc) is 2.20. The lowest BCUT2D eigenvalue weighted by Crippen LogP contribution is -2.04. The Morgan fingerprint density at radius 3 is 3.13 bits per heavy atom. The van der Waals surface area contributed by atoms with Gasteiger partial charge in [0.2, 0.25) is 5.56 Å². The van der Waals surface area contributed by atoms with Crippen molar-refractivity contribution in [3.63, 3.8) is 0 Å². The van der Waals surface area contributed by atoms with Crippen molar-refractivity contribution in [3.05, 3.63) is 44.2 Å². The van der Waals surface area contributed by atoms with Crippen LogP contribution in [0.4, 0.5) is 0 Å². The number of aromatic nitrogens is 1. The fraction of sp³-hybridized carbons (Fsp3) is 0.300. The van der Waals surface area contributed by atoms with Crippen molar-refractivity contribution in [1.29, 1.82) is 0 Å². The van der Waals surface area contributed by atoms with E-state index in [2.05, 4.69) is 26.9 Å². The molecule has 0 amide bonds. The van der Waals surface area contributed by atoms with E-state index in [1.165, 1.54) is 6.07 Å². The highest BCUT2D eigenvalue weighted by Gasteiger charge is 1.93. The molecular formula is C10H10N4O. The molecule has 5 heteroatoms. The number of rotatable bonds is 2. The van der Waals surface area contributed by atoms with Gasteiger partial charge in [-0.25, -0.2) is 0 Å². The molecular weight excluding hydrogens is 192 g/mol. The summed E-state index contributed by atoms with van der Waals surface area (Å²) < 4.78 is 0. The fourth-order valence-corrected chi connectivity index (χ4v) is 1.02. The number of aromatic amines is 1. The van der Waals surface area contributed by atoms with Crippen LogP contribution in [-0.2, 0) is 0 Å². The predicted molar refractivity (Wildman–Crippen MR) is 57.3 cm³/mol. The van der Waals surface area contributed by atoms with Gasteiger partial charge in [0.05, 0.1) is 0 Å². The van der Waals surface area contributed by atoms with Crippen LogP contribution in [0, 0.1) is 18.8 Å². The van der Waals surface area contributed by atoms with Crippen LogP contribution in [0.2, 0.25) is 0 Å². The minimum absolute atomic E-state index is 0.132. The van der Waals surface area contributed by atoms with Crippen LogP contribution in [-0.4, -0.2) is 11.5 Å². The summed E-state index contributed by atoms with van der Waals surface area (Å²) in [5, 5.41) is 3.36. The Balaban J connectivity index is 2.71. The van der Waals surface area contributed by atoms with Crippen LogP contribution in [0.25, 0.3) is 10.4 Å². The van der Waals surface area contributed by atoms with Gasteiger partial charge in [-0.1, -0.05) is 17.0 Å². The average molecular weight is 202 g/mol. The highest BCUT2D eigenvalue weighted by Crippen LogP contribution is 1.99. The Hall–Kier alpha value is -2.18. The van der Waals surface area contributed by atoms with Gasteiger partial charge in [-0.15, -0.1) is 0 Å². The zero-order valence-corrected chi connectivity index (χ0v) is 8.32. The van der Waals surface area contributed by atoms with Crippen molar-refractivity contribution in [2.75, 3.05) is 6.54 Å². The SMILES string of the molecule is Cc1cc(=O)[nH]cc1C#CCCN=[N+]=[N-]. The Morgan fingerprint density at radius 2 is 2.47 bits per heavy atom. The third kappa shape index (κ3) is 3.59. The van der Waals surface area contributed by atoms with E-state index < -0.39 is 0 Å². The van der Waals surface area contributed by atoms with Crippen LogP contribution >= 0.6 is 0 Å². The maximum atomic E-state index is 10.9. The Labute approximate surface area is 86.8 Å². The van der Waals surface area contributed by atoms with Crippen molar-refractivity contribution in [2.45, 2.75) is 13.3 Å². The summed E-state index contributed by atoms with van der Waals surface area (Å²) in [5.74, 6) is 5.76. The number of nitrogens with one attached hydrogen (secondary N) is 1. The molecule has 1 rings (SSSR count). The predicted octanol–water partition coefficient (Wildman–Crippen LogP) is 1.74. The second kappa shape index (κ2) is 5.53. The van der Waals surface area contributed by atoms with Crippen molar-refractivity contribution in [1.82, 2.24) is 4.98 Å². The molecule has 0 bridgehead atoms. The van der Waals surface area contributed by atoms with E-state index in [0.717, 1.165) is 11.1 Å². The summed E-state index contributed by atoms with van der Waals surface area (Å²) in [4.78, 5) is 16.1. The number of hydrogen-bond acceptors (Lipinski definition) is 2. The van der Waals surface area contributed by atoms with E-state index in [9.17, 15) is 4.79 Å². The van der Waals surface area contributed by atoms with Crippen molar-refractivity contribution in [2.24, 2.45) is 5.11 Å². The first kappa shape index (κ1) is 10.9. The Kier molecular flexibility index (Phi) is 4.02. The van der Waals surface area contributed by atoms with E-state index in [1.54, 1.807) is 6.20 Å². The maximum Gasteiger partial charge on any atom is 0.248 e. The van der Waals surface area contributed by atoms with Crippen LogP contribution in [0.15, 0.2) is 22.2 Å². The smallest absolute Gasteiger partial charge is 0.248 e. The molecule has 0 fully saturated rings. The lowest BCUT2D eigenvalue weighted by atomic mass is 10.1. The summed E-state index contributed by atoms with van der Waals surface area (Å²) in [6, 6.07) is 1.50. The largest absolute Gasteiger partial charge is 0.328 e. The molecule has 0 aliphatic heterocycles. The lowest BCUT2D eigenvalue weighted by molar-refractivity contribution is 1.01. The molecule has 76 valence electrons. The number of nitrogens with zero attached hydrogens (tertiary/aromatic N) is 3. The number of aryl methyl sites for hydroxylation is 1. The normalized spacial score (nSPS) is 8.60. The van der Waals surface area contributed by atoms with Crippen LogP contribution in [0.1, 0.15) is 17.5 Å². The van der Waals surface area contributed by atoms with Gasteiger partial charge in [0.25, 0.3) is 0 Å². The van der Waals surface area contributed by atoms with Gasteiger partial charge in [0, 0.05) is 35.7 Å². The summed E-state index contributed by atoms with van der Waals surface area (Å²) >= 11 is 0. The molecule has 5 nitrogen and oxygen atoms in total. The van der Waals surface area contributed by atoms with Gasteiger partial charge in [-0.3, -0.25) is 4.79 Å². The lowest BCUT2D eigenvalue weighted by Gasteiger charge is -1.94. The van der Waals surface area contributed by atoms with E-state index >= 15 is 0 Å². The van der Waals surface area contributed by atoms with Crippen LogP contribution in [0.3, 0.4) is 0 Å². The third-order valence-electron chi connectivity index (χ3n) is 1.75. The highest BCUT2D eigenvalue weighted by atomic mass is 16.1. The highest BCUT2D eigenvalue weighted by molar-refractivity contribution is 5.38. The van der Waals surface area contributed by atoms with Gasteiger partial charge >= 0.3 is 0 Å². The summed E-state index contributed by atoms with van der Waals surface area (Å²) in [5.41, 5.74) is 9.53. The van der Waals surface area contributed by atoms with Gasteiger partial charge in [0.1, 0.15) is 0 Å². The number of pyridine rings is 1. The molecule has 15 heavy (non-hydrogen) atoms. The molecule has 1 aromatic heterocycles. The minimum atomic E-state index is -0.132. The first-order chi connectivity index (χ1) is 7.24. The van der Waals surface area contributed by atoms with Crippen molar-refractivity contribution < 1.29 is 0 Å². The van der Waals surface area contributed by atoms with E-state index in [4.69, 9.17) is 5.53 Å². The molecule has 0 spiro atoms. The van der Waals surface area contributed by atoms with E-state index in [1.807, 2.05) is 6.92 Å². The summed E-state index contributed by atoms with van der Waals surface area (Å²) in [6.45, 7) is 2.19.